The number of nitrogens with zero attached hydrogens (tertiary/aromatic N) is 2. The average Bonchev–Trinajstić information content (AvgIpc) is 2.66. The van der Waals surface area contributed by atoms with E-state index in [1.54, 1.807) is 18.7 Å². The summed E-state index contributed by atoms with van der Waals surface area (Å²) in [5.41, 5.74) is 1.01. The molecule has 0 aromatic carbocycles. The fourth-order valence-electron chi connectivity index (χ4n) is 2.06. The van der Waals surface area contributed by atoms with Gasteiger partial charge in [-0.05, 0) is 41.0 Å². The van der Waals surface area contributed by atoms with E-state index in [1.807, 2.05) is 20.8 Å². The number of carbonyl (C=O) groups is 1. The van der Waals surface area contributed by atoms with E-state index >= 15 is 0 Å². The van der Waals surface area contributed by atoms with Crippen molar-refractivity contribution in [1.82, 2.24) is 15.4 Å². The third-order valence-corrected chi connectivity index (χ3v) is 3.08. The monoisotopic (exact) mass is 283 g/mol. The second-order valence-electron chi connectivity index (χ2n) is 5.61. The number of nitrogens with one attached hydrogen (secondary N) is 1. The van der Waals surface area contributed by atoms with Crippen LogP contribution in [-0.4, -0.2) is 46.4 Å². The van der Waals surface area contributed by atoms with E-state index in [-0.39, 0.29) is 6.03 Å². The van der Waals surface area contributed by atoms with Crippen LogP contribution in [0.1, 0.15) is 37.8 Å². The van der Waals surface area contributed by atoms with Gasteiger partial charge in [0.15, 0.2) is 0 Å². The molecular weight excluding hydrogens is 258 g/mol. The first-order chi connectivity index (χ1) is 9.24. The van der Waals surface area contributed by atoms with E-state index in [0.717, 1.165) is 17.0 Å². The second kappa shape index (κ2) is 6.74. The zero-order valence-electron chi connectivity index (χ0n) is 13.0. The Hall–Kier alpha value is -1.56. The summed E-state index contributed by atoms with van der Waals surface area (Å²) in [6.45, 7) is 10.4. The molecular formula is C14H25N3O3. The van der Waals surface area contributed by atoms with Crippen molar-refractivity contribution in [3.05, 3.63) is 17.0 Å². The van der Waals surface area contributed by atoms with Gasteiger partial charge in [-0.3, -0.25) is 0 Å². The maximum Gasteiger partial charge on any atom is 0.317 e. The summed E-state index contributed by atoms with van der Waals surface area (Å²) in [6.07, 6.45) is 0.687. The minimum absolute atomic E-state index is 0.165. The molecule has 6 heteroatoms. The Morgan fingerprint density at radius 1 is 1.45 bits per heavy atom. The third-order valence-electron chi connectivity index (χ3n) is 3.08. The topological polar surface area (TPSA) is 78.6 Å². The number of urea groups is 1. The van der Waals surface area contributed by atoms with Gasteiger partial charge in [0.1, 0.15) is 5.76 Å². The molecule has 0 bridgehead atoms. The number of aliphatic hydroxyl groups is 1. The van der Waals surface area contributed by atoms with Crippen molar-refractivity contribution in [2.45, 2.75) is 46.6 Å². The van der Waals surface area contributed by atoms with Crippen molar-refractivity contribution >= 4 is 6.03 Å². The van der Waals surface area contributed by atoms with Crippen molar-refractivity contribution < 1.29 is 14.4 Å². The highest BCUT2D eigenvalue weighted by atomic mass is 16.5. The van der Waals surface area contributed by atoms with Crippen LogP contribution < -0.4 is 5.32 Å². The average molecular weight is 283 g/mol. The van der Waals surface area contributed by atoms with E-state index in [1.165, 1.54) is 0 Å². The van der Waals surface area contributed by atoms with Crippen LogP contribution in [0.2, 0.25) is 0 Å². The maximum atomic E-state index is 12.0. The highest BCUT2D eigenvalue weighted by Gasteiger charge is 2.21. The number of amides is 2. The molecule has 2 N–H and O–H groups in total. The van der Waals surface area contributed by atoms with E-state index in [4.69, 9.17) is 4.52 Å². The van der Waals surface area contributed by atoms with Crippen LogP contribution in [0.15, 0.2) is 4.52 Å². The maximum absolute atomic E-state index is 12.0. The van der Waals surface area contributed by atoms with Crippen LogP contribution in [-0.2, 0) is 6.42 Å². The number of aromatic nitrogens is 1. The lowest BCUT2D eigenvalue weighted by molar-refractivity contribution is 0.0480. The lowest BCUT2D eigenvalue weighted by atomic mass is 10.1. The van der Waals surface area contributed by atoms with Crippen LogP contribution in [0.3, 0.4) is 0 Å². The largest absolute Gasteiger partial charge is 0.389 e. The van der Waals surface area contributed by atoms with E-state index in [0.29, 0.717) is 26.1 Å². The smallest absolute Gasteiger partial charge is 0.317 e. The summed E-state index contributed by atoms with van der Waals surface area (Å²) in [6, 6.07) is -0.165. The molecule has 1 heterocycles. The van der Waals surface area contributed by atoms with Crippen LogP contribution in [0.5, 0.6) is 0 Å². The number of hydrogen-bond donors (Lipinski definition) is 2. The molecule has 0 aliphatic heterocycles. The molecule has 0 fully saturated rings. The van der Waals surface area contributed by atoms with Gasteiger partial charge in [-0.2, -0.15) is 0 Å². The SMILES string of the molecule is CCN(CC(C)(C)O)C(=O)NCCc1c(C)noc1C. The fraction of sp³-hybridized carbons (Fsp3) is 0.714. The standard InChI is InChI=1S/C14H25N3O3/c1-6-17(9-14(4,5)19)13(18)15-8-7-12-10(2)16-20-11(12)3/h19H,6-9H2,1-5H3,(H,15,18). The Labute approximate surface area is 120 Å². The first-order valence-corrected chi connectivity index (χ1v) is 6.91. The first kappa shape index (κ1) is 16.5. The summed E-state index contributed by atoms with van der Waals surface area (Å²) in [5, 5.41) is 16.5. The summed E-state index contributed by atoms with van der Waals surface area (Å²) < 4.78 is 5.08. The Kier molecular flexibility index (Phi) is 5.56. The van der Waals surface area contributed by atoms with Crippen LogP contribution in [0.25, 0.3) is 0 Å². The van der Waals surface area contributed by atoms with Gasteiger partial charge in [0.2, 0.25) is 0 Å². The Balaban J connectivity index is 2.46. The molecule has 114 valence electrons. The molecule has 0 saturated heterocycles. The summed E-state index contributed by atoms with van der Waals surface area (Å²) >= 11 is 0. The molecule has 0 radical (unpaired) electrons. The van der Waals surface area contributed by atoms with Crippen molar-refractivity contribution in [3.8, 4) is 0 Å². The van der Waals surface area contributed by atoms with E-state index in [9.17, 15) is 9.90 Å². The zero-order valence-corrected chi connectivity index (χ0v) is 13.0. The van der Waals surface area contributed by atoms with Crippen molar-refractivity contribution in [3.63, 3.8) is 0 Å². The molecule has 0 spiro atoms. The Morgan fingerprint density at radius 2 is 2.10 bits per heavy atom. The highest BCUT2D eigenvalue weighted by Crippen LogP contribution is 2.12. The minimum Gasteiger partial charge on any atom is -0.389 e. The van der Waals surface area contributed by atoms with Gasteiger partial charge in [-0.25, -0.2) is 4.79 Å². The number of likely N-dealkylation sites (N-methyl/N-ethyl adjacent to an activating group) is 1. The minimum atomic E-state index is -0.894. The van der Waals surface area contributed by atoms with Gasteiger partial charge in [-0.1, -0.05) is 5.16 Å². The molecule has 1 aromatic rings. The Bertz CT molecular complexity index is 430. The second-order valence-corrected chi connectivity index (χ2v) is 5.61. The molecule has 1 aromatic heterocycles. The predicted octanol–water partition coefficient (Wildman–Crippen LogP) is 1.64. The molecule has 20 heavy (non-hydrogen) atoms. The Morgan fingerprint density at radius 3 is 2.55 bits per heavy atom. The molecule has 0 atom stereocenters. The highest BCUT2D eigenvalue weighted by molar-refractivity contribution is 5.74. The molecule has 2 amide bonds. The van der Waals surface area contributed by atoms with E-state index in [2.05, 4.69) is 10.5 Å². The number of hydrogen-bond acceptors (Lipinski definition) is 4. The van der Waals surface area contributed by atoms with Crippen LogP contribution in [0.4, 0.5) is 4.79 Å². The van der Waals surface area contributed by atoms with Crippen LogP contribution >= 0.6 is 0 Å². The molecule has 0 aliphatic carbocycles. The van der Waals surface area contributed by atoms with Crippen molar-refractivity contribution in [1.29, 1.82) is 0 Å². The molecule has 0 aliphatic rings. The van der Waals surface area contributed by atoms with Crippen LogP contribution in [0, 0.1) is 13.8 Å². The molecule has 0 saturated carbocycles. The summed E-state index contributed by atoms with van der Waals surface area (Å²) in [7, 11) is 0. The molecule has 1 rings (SSSR count). The van der Waals surface area contributed by atoms with Gasteiger partial charge >= 0.3 is 6.03 Å². The van der Waals surface area contributed by atoms with Gasteiger partial charge in [-0.15, -0.1) is 0 Å². The quantitative estimate of drug-likeness (QED) is 0.832. The summed E-state index contributed by atoms with van der Waals surface area (Å²) in [5.74, 6) is 0.792. The first-order valence-electron chi connectivity index (χ1n) is 6.91. The number of aryl methyl sites for hydroxylation is 2. The van der Waals surface area contributed by atoms with Crippen molar-refractivity contribution in [2.75, 3.05) is 19.6 Å². The lowest BCUT2D eigenvalue weighted by Crippen LogP contribution is -2.47. The van der Waals surface area contributed by atoms with Crippen molar-refractivity contribution in [2.24, 2.45) is 0 Å². The van der Waals surface area contributed by atoms with Gasteiger partial charge < -0.3 is 19.8 Å². The predicted molar refractivity (Wildman–Crippen MR) is 76.6 cm³/mol. The van der Waals surface area contributed by atoms with Gasteiger partial charge in [0.25, 0.3) is 0 Å². The number of carbonyl (C=O) groups excluding carboxylic acids is 1. The summed E-state index contributed by atoms with van der Waals surface area (Å²) in [4.78, 5) is 13.6. The van der Waals surface area contributed by atoms with E-state index < -0.39 is 5.60 Å². The van der Waals surface area contributed by atoms with Gasteiger partial charge in [0, 0.05) is 18.7 Å². The molecule has 0 unspecified atom stereocenters. The van der Waals surface area contributed by atoms with Gasteiger partial charge in [0.05, 0.1) is 17.8 Å². The fourth-order valence-corrected chi connectivity index (χ4v) is 2.06. The lowest BCUT2D eigenvalue weighted by Gasteiger charge is -2.28. The zero-order chi connectivity index (χ0) is 15.3. The third kappa shape index (κ3) is 4.85. The normalized spacial score (nSPS) is 11.5. The molecule has 6 nitrogen and oxygen atoms in total. The number of rotatable bonds is 6.